The molecule has 5 heteroatoms. The third-order valence-corrected chi connectivity index (χ3v) is 4.54. The Balaban J connectivity index is 1.85. The van der Waals surface area contributed by atoms with Gasteiger partial charge in [-0.25, -0.2) is 0 Å². The number of carbonyl (C=O) groups is 1. The van der Waals surface area contributed by atoms with E-state index in [-0.39, 0.29) is 11.7 Å². The number of rotatable bonds is 2. The van der Waals surface area contributed by atoms with Crippen LogP contribution in [-0.2, 0) is 12.8 Å². The fourth-order valence-electron chi connectivity index (χ4n) is 3.27. The summed E-state index contributed by atoms with van der Waals surface area (Å²) < 4.78 is 0. The van der Waals surface area contributed by atoms with Crippen molar-refractivity contribution in [3.05, 3.63) is 64.3 Å². The molecule has 0 saturated carbocycles. The van der Waals surface area contributed by atoms with Crippen molar-refractivity contribution in [1.29, 1.82) is 0 Å². The van der Waals surface area contributed by atoms with Crippen molar-refractivity contribution in [2.24, 2.45) is 0 Å². The average molecular weight is 339 g/mol. The number of hydrogen-bond donors (Lipinski definition) is 2. The summed E-state index contributed by atoms with van der Waals surface area (Å²) in [7, 11) is 0. The van der Waals surface area contributed by atoms with E-state index in [1.165, 1.54) is 6.07 Å². The number of nitrogens with zero attached hydrogens (tertiary/aromatic N) is 1. The summed E-state index contributed by atoms with van der Waals surface area (Å²) in [5.74, 6) is -0.0888. The van der Waals surface area contributed by atoms with Crippen LogP contribution in [0.25, 0.3) is 10.9 Å². The Morgan fingerprint density at radius 1 is 1.17 bits per heavy atom. The van der Waals surface area contributed by atoms with E-state index in [2.05, 4.69) is 10.3 Å². The van der Waals surface area contributed by atoms with Crippen molar-refractivity contribution in [1.82, 2.24) is 4.98 Å². The van der Waals surface area contributed by atoms with Gasteiger partial charge in [-0.05, 0) is 55.2 Å². The number of benzene rings is 2. The lowest BCUT2D eigenvalue weighted by Gasteiger charge is -2.13. The highest BCUT2D eigenvalue weighted by Gasteiger charge is 2.24. The quantitative estimate of drug-likeness (QED) is 0.730. The second kappa shape index (κ2) is 5.80. The van der Waals surface area contributed by atoms with Crippen LogP contribution in [0.15, 0.2) is 42.5 Å². The Bertz CT molecular complexity index is 969. The lowest BCUT2D eigenvalue weighted by atomic mass is 10.0. The van der Waals surface area contributed by atoms with Gasteiger partial charge in [0.2, 0.25) is 0 Å². The Labute approximate surface area is 144 Å². The molecule has 3 aromatic rings. The number of aromatic hydroxyl groups is 1. The van der Waals surface area contributed by atoms with Crippen LogP contribution in [0.2, 0.25) is 5.02 Å². The molecular weight excluding hydrogens is 324 g/mol. The zero-order valence-electron chi connectivity index (χ0n) is 12.8. The number of carbonyl (C=O) groups excluding carboxylic acids is 1. The first-order chi connectivity index (χ1) is 11.6. The molecule has 4 nitrogen and oxygen atoms in total. The van der Waals surface area contributed by atoms with Crippen molar-refractivity contribution in [2.45, 2.75) is 19.3 Å². The van der Waals surface area contributed by atoms with Crippen molar-refractivity contribution < 1.29 is 9.90 Å². The number of phenolic OH excluding ortho intramolecular Hbond substituents is 1. The molecule has 0 spiro atoms. The summed E-state index contributed by atoms with van der Waals surface area (Å²) in [6.45, 7) is 0. The molecule has 1 aromatic heterocycles. The molecule has 0 fully saturated rings. The minimum Gasteiger partial charge on any atom is -0.508 e. The van der Waals surface area contributed by atoms with Crippen molar-refractivity contribution >= 4 is 34.1 Å². The summed E-state index contributed by atoms with van der Waals surface area (Å²) in [4.78, 5) is 17.6. The zero-order valence-corrected chi connectivity index (χ0v) is 13.6. The molecule has 0 saturated heterocycles. The largest absolute Gasteiger partial charge is 0.508 e. The first-order valence-corrected chi connectivity index (χ1v) is 8.21. The predicted octanol–water partition coefficient (Wildman–Crippen LogP) is 4.33. The molecule has 24 heavy (non-hydrogen) atoms. The Morgan fingerprint density at radius 3 is 2.88 bits per heavy atom. The van der Waals surface area contributed by atoms with Gasteiger partial charge in [0.25, 0.3) is 5.91 Å². The van der Waals surface area contributed by atoms with Crippen LogP contribution in [-0.4, -0.2) is 16.0 Å². The molecule has 0 aliphatic heterocycles. The van der Waals surface area contributed by atoms with Gasteiger partial charge in [0, 0.05) is 27.9 Å². The molecule has 1 aliphatic carbocycles. The van der Waals surface area contributed by atoms with Crippen molar-refractivity contribution in [2.75, 3.05) is 5.32 Å². The maximum atomic E-state index is 12.9. The monoisotopic (exact) mass is 338 g/mol. The summed E-state index contributed by atoms with van der Waals surface area (Å²) in [5, 5.41) is 13.8. The second-order valence-electron chi connectivity index (χ2n) is 5.93. The number of phenols is 1. The minimum absolute atomic E-state index is 0.112. The number of amides is 1. The molecule has 1 heterocycles. The van der Waals surface area contributed by atoms with Crippen LogP contribution in [0.3, 0.4) is 0 Å². The maximum absolute atomic E-state index is 12.9. The summed E-state index contributed by atoms with van der Waals surface area (Å²) in [6.07, 6.45) is 2.73. The predicted molar refractivity (Wildman–Crippen MR) is 94.8 cm³/mol. The molecule has 2 aromatic carbocycles. The molecule has 4 rings (SSSR count). The van der Waals surface area contributed by atoms with E-state index in [0.717, 1.165) is 41.4 Å². The smallest absolute Gasteiger partial charge is 0.256 e. The number of hydrogen-bond acceptors (Lipinski definition) is 3. The highest BCUT2D eigenvalue weighted by Crippen LogP contribution is 2.32. The van der Waals surface area contributed by atoms with Crippen LogP contribution in [0.4, 0.5) is 5.69 Å². The average Bonchev–Trinajstić information content (AvgIpc) is 3.00. The molecule has 1 aliphatic rings. The van der Waals surface area contributed by atoms with Gasteiger partial charge >= 0.3 is 0 Å². The van der Waals surface area contributed by atoms with Gasteiger partial charge in [-0.1, -0.05) is 17.7 Å². The van der Waals surface area contributed by atoms with E-state index < -0.39 is 0 Å². The number of anilines is 1. The molecule has 0 atom stereocenters. The van der Waals surface area contributed by atoms with Gasteiger partial charge in [0.1, 0.15) is 5.75 Å². The Morgan fingerprint density at radius 2 is 2.04 bits per heavy atom. The first kappa shape index (κ1) is 15.0. The van der Waals surface area contributed by atoms with Gasteiger partial charge in [0.15, 0.2) is 0 Å². The van der Waals surface area contributed by atoms with E-state index in [1.54, 1.807) is 30.3 Å². The van der Waals surface area contributed by atoms with E-state index in [4.69, 9.17) is 11.6 Å². The van der Waals surface area contributed by atoms with Crippen LogP contribution in [0.5, 0.6) is 5.75 Å². The minimum atomic E-state index is -0.201. The van der Waals surface area contributed by atoms with Crippen LogP contribution in [0.1, 0.15) is 28.0 Å². The fraction of sp³-hybridized carbons (Fsp3) is 0.158. The number of aromatic nitrogens is 1. The van der Waals surface area contributed by atoms with Crippen LogP contribution >= 0.6 is 11.6 Å². The van der Waals surface area contributed by atoms with Gasteiger partial charge in [0.05, 0.1) is 11.1 Å². The summed E-state index contributed by atoms with van der Waals surface area (Å²) in [5.41, 5.74) is 3.96. The van der Waals surface area contributed by atoms with E-state index in [0.29, 0.717) is 16.3 Å². The maximum Gasteiger partial charge on any atom is 0.256 e. The van der Waals surface area contributed by atoms with E-state index in [1.807, 2.05) is 6.07 Å². The topological polar surface area (TPSA) is 62.2 Å². The SMILES string of the molecule is O=C(Nc1cccc(O)c1)c1c2c(nc3ccc(Cl)cc13)CCC2. The molecule has 0 radical (unpaired) electrons. The Kier molecular flexibility index (Phi) is 3.62. The number of aryl methyl sites for hydroxylation is 1. The lowest BCUT2D eigenvalue weighted by molar-refractivity contribution is 0.102. The normalized spacial score (nSPS) is 13.0. The third-order valence-electron chi connectivity index (χ3n) is 4.30. The number of pyridine rings is 1. The van der Waals surface area contributed by atoms with E-state index >= 15 is 0 Å². The molecule has 0 unspecified atom stereocenters. The highest BCUT2D eigenvalue weighted by molar-refractivity contribution is 6.31. The standard InChI is InChI=1S/C19H15ClN2O2/c20-11-7-8-17-15(9-11)18(14-5-2-6-16(14)22-17)19(24)21-12-3-1-4-13(23)10-12/h1,3-4,7-10,23H,2,5-6H2,(H,21,24). The molecule has 120 valence electrons. The summed E-state index contributed by atoms with van der Waals surface area (Å²) >= 11 is 6.13. The molecule has 2 N–H and O–H groups in total. The number of nitrogens with one attached hydrogen (secondary N) is 1. The zero-order chi connectivity index (χ0) is 16.7. The number of fused-ring (bicyclic) bond motifs is 2. The van der Waals surface area contributed by atoms with Gasteiger partial charge in [-0.15, -0.1) is 0 Å². The molecule has 1 amide bonds. The van der Waals surface area contributed by atoms with Gasteiger partial charge in [-0.3, -0.25) is 9.78 Å². The highest BCUT2D eigenvalue weighted by atomic mass is 35.5. The number of halogens is 1. The van der Waals surface area contributed by atoms with E-state index in [9.17, 15) is 9.90 Å². The third kappa shape index (κ3) is 2.59. The van der Waals surface area contributed by atoms with Crippen LogP contribution < -0.4 is 5.32 Å². The lowest BCUT2D eigenvalue weighted by Crippen LogP contribution is -2.15. The second-order valence-corrected chi connectivity index (χ2v) is 6.37. The Hall–Kier alpha value is -2.59. The first-order valence-electron chi connectivity index (χ1n) is 7.83. The van der Waals surface area contributed by atoms with Gasteiger partial charge < -0.3 is 10.4 Å². The summed E-state index contributed by atoms with van der Waals surface area (Å²) in [6, 6.07) is 11.9. The molecule has 0 bridgehead atoms. The van der Waals surface area contributed by atoms with Crippen molar-refractivity contribution in [3.8, 4) is 5.75 Å². The fourth-order valence-corrected chi connectivity index (χ4v) is 3.44. The molecular formula is C19H15ClN2O2. The van der Waals surface area contributed by atoms with Gasteiger partial charge in [-0.2, -0.15) is 0 Å². The van der Waals surface area contributed by atoms with Crippen molar-refractivity contribution in [3.63, 3.8) is 0 Å². The van der Waals surface area contributed by atoms with Crippen LogP contribution in [0, 0.1) is 0 Å².